The standard InChI is InChI=1S/C8H16F3O4P/c1-5(2)14-16(13,15-6(3)4)7(12)8(9,10)11/h5-7,12H,1-4H3/t7-/m0/s1. The third kappa shape index (κ3) is 4.82. The van der Waals surface area contributed by atoms with Crippen molar-refractivity contribution in [1.82, 2.24) is 0 Å². The van der Waals surface area contributed by atoms with Crippen molar-refractivity contribution in [3.63, 3.8) is 0 Å². The summed E-state index contributed by atoms with van der Waals surface area (Å²) in [5.74, 6) is -3.12. The molecule has 0 amide bonds. The number of hydrogen-bond acceptors (Lipinski definition) is 4. The monoisotopic (exact) mass is 264 g/mol. The van der Waals surface area contributed by atoms with E-state index >= 15 is 0 Å². The molecule has 1 N–H and O–H groups in total. The molecule has 4 nitrogen and oxygen atoms in total. The molecule has 0 aliphatic heterocycles. The molecule has 0 aromatic carbocycles. The van der Waals surface area contributed by atoms with Gasteiger partial charge in [-0.3, -0.25) is 4.57 Å². The number of alkyl halides is 3. The fraction of sp³-hybridized carbons (Fsp3) is 1.00. The van der Waals surface area contributed by atoms with Gasteiger partial charge in [-0.25, -0.2) is 0 Å². The first-order valence-electron chi connectivity index (χ1n) is 4.70. The molecule has 98 valence electrons. The minimum atomic E-state index is -5.04. The zero-order valence-corrected chi connectivity index (χ0v) is 10.4. The Labute approximate surface area is 92.3 Å². The van der Waals surface area contributed by atoms with E-state index in [1.54, 1.807) is 0 Å². The van der Waals surface area contributed by atoms with Gasteiger partial charge in [-0.2, -0.15) is 13.2 Å². The van der Waals surface area contributed by atoms with Crippen LogP contribution in [-0.2, 0) is 13.6 Å². The summed E-state index contributed by atoms with van der Waals surface area (Å²) >= 11 is 0. The van der Waals surface area contributed by atoms with Crippen LogP contribution in [0.2, 0.25) is 0 Å². The normalized spacial score (nSPS) is 15.9. The largest absolute Gasteiger partial charge is 0.426 e. The Morgan fingerprint density at radius 3 is 1.56 bits per heavy atom. The first kappa shape index (κ1) is 15.9. The van der Waals surface area contributed by atoms with E-state index in [1.807, 2.05) is 0 Å². The van der Waals surface area contributed by atoms with Crippen LogP contribution in [-0.4, -0.2) is 29.3 Å². The van der Waals surface area contributed by atoms with Gasteiger partial charge in [-0.05, 0) is 27.7 Å². The van der Waals surface area contributed by atoms with Crippen LogP contribution in [0.4, 0.5) is 13.2 Å². The van der Waals surface area contributed by atoms with Gasteiger partial charge in [-0.15, -0.1) is 0 Å². The van der Waals surface area contributed by atoms with E-state index in [2.05, 4.69) is 9.05 Å². The first-order chi connectivity index (χ1) is 6.99. The Hall–Kier alpha value is -0.100. The molecule has 0 heterocycles. The SMILES string of the molecule is CC(C)OP(=O)(OC(C)C)[C@H](O)C(F)(F)F. The van der Waals surface area contributed by atoms with Crippen molar-refractivity contribution in [3.05, 3.63) is 0 Å². The van der Waals surface area contributed by atoms with E-state index in [9.17, 15) is 17.7 Å². The van der Waals surface area contributed by atoms with Gasteiger partial charge in [0.15, 0.2) is 0 Å². The molecule has 0 bridgehead atoms. The van der Waals surface area contributed by atoms with Gasteiger partial charge in [-0.1, -0.05) is 0 Å². The first-order valence-corrected chi connectivity index (χ1v) is 6.31. The second-order valence-corrected chi connectivity index (χ2v) is 5.75. The lowest BCUT2D eigenvalue weighted by Crippen LogP contribution is -2.31. The average Bonchev–Trinajstić information content (AvgIpc) is 1.97. The van der Waals surface area contributed by atoms with E-state index in [0.29, 0.717) is 0 Å². The van der Waals surface area contributed by atoms with Crippen LogP contribution >= 0.6 is 7.60 Å². The fourth-order valence-corrected chi connectivity index (χ4v) is 2.72. The summed E-state index contributed by atoms with van der Waals surface area (Å²) < 4.78 is 57.8. The molecular weight excluding hydrogens is 248 g/mol. The van der Waals surface area contributed by atoms with Gasteiger partial charge < -0.3 is 14.2 Å². The summed E-state index contributed by atoms with van der Waals surface area (Å²) in [5.41, 5.74) is 0. The Balaban J connectivity index is 5.00. The molecule has 0 unspecified atom stereocenters. The lowest BCUT2D eigenvalue weighted by molar-refractivity contribution is -0.183. The molecule has 0 aliphatic rings. The maximum Gasteiger partial charge on any atom is 0.426 e. The Bertz CT molecular complexity index is 250. The maximum absolute atomic E-state index is 12.3. The van der Waals surface area contributed by atoms with Gasteiger partial charge in [0.2, 0.25) is 0 Å². The molecule has 0 spiro atoms. The molecular formula is C8H16F3O4P. The van der Waals surface area contributed by atoms with Gasteiger partial charge in [0.1, 0.15) is 0 Å². The summed E-state index contributed by atoms with van der Waals surface area (Å²) in [6.07, 6.45) is -6.54. The van der Waals surface area contributed by atoms with Crippen molar-refractivity contribution in [2.75, 3.05) is 0 Å². The van der Waals surface area contributed by atoms with E-state index in [-0.39, 0.29) is 0 Å². The van der Waals surface area contributed by atoms with E-state index in [0.717, 1.165) is 0 Å². The summed E-state index contributed by atoms with van der Waals surface area (Å²) in [7, 11) is -4.61. The highest BCUT2D eigenvalue weighted by Crippen LogP contribution is 2.58. The molecule has 0 radical (unpaired) electrons. The smallest absolute Gasteiger partial charge is 0.373 e. The molecule has 8 heteroatoms. The lowest BCUT2D eigenvalue weighted by Gasteiger charge is -2.27. The molecule has 0 saturated carbocycles. The lowest BCUT2D eigenvalue weighted by atomic mass is 10.5. The molecule has 0 rings (SSSR count). The van der Waals surface area contributed by atoms with Crippen LogP contribution in [0.3, 0.4) is 0 Å². The van der Waals surface area contributed by atoms with Crippen molar-refractivity contribution in [2.45, 2.75) is 51.9 Å². The van der Waals surface area contributed by atoms with Gasteiger partial charge in [0, 0.05) is 0 Å². The number of rotatable bonds is 5. The van der Waals surface area contributed by atoms with Crippen LogP contribution in [0.1, 0.15) is 27.7 Å². The minimum absolute atomic E-state index is 0.749. The highest BCUT2D eigenvalue weighted by molar-refractivity contribution is 7.54. The van der Waals surface area contributed by atoms with Gasteiger partial charge in [0.25, 0.3) is 5.85 Å². The number of halogens is 3. The van der Waals surface area contributed by atoms with Crippen LogP contribution in [0, 0.1) is 0 Å². The molecule has 16 heavy (non-hydrogen) atoms. The predicted molar refractivity (Wildman–Crippen MR) is 52.1 cm³/mol. The highest BCUT2D eigenvalue weighted by Gasteiger charge is 2.53. The summed E-state index contributed by atoms with van der Waals surface area (Å²) in [4.78, 5) is 0. The zero-order chi connectivity index (χ0) is 13.1. The number of aliphatic hydroxyl groups is 1. The maximum atomic E-state index is 12.3. The highest BCUT2D eigenvalue weighted by atomic mass is 31.2. The minimum Gasteiger partial charge on any atom is -0.373 e. The average molecular weight is 264 g/mol. The van der Waals surface area contributed by atoms with Crippen molar-refractivity contribution in [2.24, 2.45) is 0 Å². The Kier molecular flexibility index (Phi) is 5.46. The number of hydrogen-bond donors (Lipinski definition) is 1. The molecule has 0 aromatic heterocycles. The van der Waals surface area contributed by atoms with Gasteiger partial charge >= 0.3 is 13.8 Å². The Morgan fingerprint density at radius 2 is 1.38 bits per heavy atom. The third-order valence-corrected chi connectivity index (χ3v) is 3.63. The van der Waals surface area contributed by atoms with Crippen LogP contribution in [0.15, 0.2) is 0 Å². The zero-order valence-electron chi connectivity index (χ0n) is 9.49. The number of aliphatic hydroxyl groups excluding tert-OH is 1. The summed E-state index contributed by atoms with van der Waals surface area (Å²) in [6, 6.07) is 0. The molecule has 0 saturated heterocycles. The molecule has 0 aromatic rings. The predicted octanol–water partition coefficient (Wildman–Crippen LogP) is 2.91. The quantitative estimate of drug-likeness (QED) is 0.776. The molecule has 0 fully saturated rings. The second-order valence-electron chi connectivity index (χ2n) is 3.76. The fourth-order valence-electron chi connectivity index (χ4n) is 0.907. The van der Waals surface area contributed by atoms with Crippen molar-refractivity contribution < 1.29 is 31.9 Å². The summed E-state index contributed by atoms with van der Waals surface area (Å²) in [6.45, 7) is 5.61. The van der Waals surface area contributed by atoms with Crippen molar-refractivity contribution in [3.8, 4) is 0 Å². The molecule has 0 aliphatic carbocycles. The summed E-state index contributed by atoms with van der Waals surface area (Å²) in [5, 5.41) is 8.96. The topological polar surface area (TPSA) is 55.8 Å². The Morgan fingerprint density at radius 1 is 1.06 bits per heavy atom. The van der Waals surface area contributed by atoms with Crippen LogP contribution in [0.25, 0.3) is 0 Å². The molecule has 1 atom stereocenters. The van der Waals surface area contributed by atoms with Gasteiger partial charge in [0.05, 0.1) is 12.2 Å². The van der Waals surface area contributed by atoms with E-state index in [4.69, 9.17) is 5.11 Å². The van der Waals surface area contributed by atoms with Crippen LogP contribution in [0.5, 0.6) is 0 Å². The van der Waals surface area contributed by atoms with E-state index < -0.39 is 31.8 Å². The van der Waals surface area contributed by atoms with Crippen molar-refractivity contribution >= 4 is 7.60 Å². The second kappa shape index (κ2) is 5.49. The van der Waals surface area contributed by atoms with E-state index in [1.165, 1.54) is 27.7 Å². The van der Waals surface area contributed by atoms with Crippen molar-refractivity contribution in [1.29, 1.82) is 0 Å². The van der Waals surface area contributed by atoms with Crippen LogP contribution < -0.4 is 0 Å². The third-order valence-electron chi connectivity index (χ3n) is 1.31.